The molecule has 0 fully saturated rings. The average molecular weight is 386 g/mol. The molecule has 0 aliphatic carbocycles. The zero-order valence-electron chi connectivity index (χ0n) is 15.2. The van der Waals surface area contributed by atoms with Crippen LogP contribution in [0.25, 0.3) is 0 Å². The smallest absolute Gasteiger partial charge is 0.310 e. The quantitative estimate of drug-likeness (QED) is 0.720. The number of hydrogen-bond acceptors (Lipinski definition) is 4. The average Bonchev–Trinajstić information content (AvgIpc) is 3.13. The zero-order chi connectivity index (χ0) is 19.1. The molecule has 2 aromatic heterocycles. The summed E-state index contributed by atoms with van der Waals surface area (Å²) in [7, 11) is 0. The van der Waals surface area contributed by atoms with Crippen LogP contribution in [0.3, 0.4) is 0 Å². The third-order valence-corrected chi connectivity index (χ3v) is 5.30. The number of nitrogens with zero attached hydrogens (tertiary/aromatic N) is 3. The van der Waals surface area contributed by atoms with Gasteiger partial charge in [-0.1, -0.05) is 23.7 Å². The Morgan fingerprint density at radius 3 is 2.56 bits per heavy atom. The summed E-state index contributed by atoms with van der Waals surface area (Å²) in [5.41, 5.74) is 4.93. The molecule has 1 aliphatic heterocycles. The molecule has 2 N–H and O–H groups in total. The summed E-state index contributed by atoms with van der Waals surface area (Å²) in [5, 5.41) is 5.40. The second-order valence-corrected chi connectivity index (χ2v) is 7.38. The van der Waals surface area contributed by atoms with Crippen molar-refractivity contribution >= 4 is 11.6 Å². The van der Waals surface area contributed by atoms with E-state index in [4.69, 9.17) is 11.6 Å². The molecule has 4 rings (SSSR count). The van der Waals surface area contributed by atoms with Gasteiger partial charge in [0, 0.05) is 41.6 Å². The molecule has 27 heavy (non-hydrogen) atoms. The largest absolute Gasteiger partial charge is 0.325 e. The van der Waals surface area contributed by atoms with E-state index in [-0.39, 0.29) is 5.56 Å². The normalized spacial score (nSPS) is 13.9. The number of nitrogens with one attached hydrogen (secondary N) is 2. The lowest BCUT2D eigenvalue weighted by atomic mass is 10.2. The van der Waals surface area contributed by atoms with Crippen LogP contribution in [0.1, 0.15) is 33.8 Å². The number of fused-ring (bicyclic) bond motifs is 1. The summed E-state index contributed by atoms with van der Waals surface area (Å²) in [6, 6.07) is 7.75. The number of hydrogen-bond donors (Lipinski definition) is 2. The van der Waals surface area contributed by atoms with Crippen molar-refractivity contribution < 1.29 is 0 Å². The molecule has 0 saturated heterocycles. The second-order valence-electron chi connectivity index (χ2n) is 6.94. The fourth-order valence-corrected chi connectivity index (χ4v) is 3.71. The number of rotatable bonds is 4. The van der Waals surface area contributed by atoms with Gasteiger partial charge in [-0.3, -0.25) is 19.4 Å². The van der Waals surface area contributed by atoms with Crippen molar-refractivity contribution in [2.75, 3.05) is 0 Å². The summed E-state index contributed by atoms with van der Waals surface area (Å²) in [4.78, 5) is 30.6. The third-order valence-electron chi connectivity index (χ3n) is 5.05. The lowest BCUT2D eigenvalue weighted by Crippen LogP contribution is -2.25. The van der Waals surface area contributed by atoms with Gasteiger partial charge in [0.25, 0.3) is 5.56 Å². The van der Waals surface area contributed by atoms with Crippen LogP contribution < -0.4 is 11.2 Å². The first-order chi connectivity index (χ1) is 12.9. The van der Waals surface area contributed by atoms with Crippen LogP contribution in [0, 0.1) is 13.8 Å². The van der Waals surface area contributed by atoms with Crippen LogP contribution in [0.5, 0.6) is 0 Å². The molecule has 0 bridgehead atoms. The molecule has 1 aromatic carbocycles. The molecular formula is C19H20ClN5O2. The first kappa shape index (κ1) is 17.8. The highest BCUT2D eigenvalue weighted by molar-refractivity contribution is 6.30. The molecule has 3 heterocycles. The fourth-order valence-electron chi connectivity index (χ4n) is 3.58. The molecule has 8 heteroatoms. The molecule has 140 valence electrons. The van der Waals surface area contributed by atoms with Crippen molar-refractivity contribution in [1.82, 2.24) is 24.6 Å². The number of H-pyrrole nitrogens is 2. The predicted octanol–water partition coefficient (Wildman–Crippen LogP) is 2.09. The Kier molecular flexibility index (Phi) is 4.49. The molecule has 0 radical (unpaired) electrons. The Labute approximate surface area is 160 Å². The van der Waals surface area contributed by atoms with Crippen molar-refractivity contribution in [2.24, 2.45) is 0 Å². The number of halogens is 1. The highest BCUT2D eigenvalue weighted by Gasteiger charge is 2.25. The Bertz CT molecular complexity index is 1110. The zero-order valence-corrected chi connectivity index (χ0v) is 15.9. The lowest BCUT2D eigenvalue weighted by Gasteiger charge is -2.15. The van der Waals surface area contributed by atoms with E-state index in [2.05, 4.69) is 26.9 Å². The monoisotopic (exact) mass is 385 g/mol. The van der Waals surface area contributed by atoms with Gasteiger partial charge in [0.15, 0.2) is 0 Å². The number of aryl methyl sites for hydroxylation is 1. The Morgan fingerprint density at radius 2 is 1.81 bits per heavy atom. The third kappa shape index (κ3) is 3.48. The van der Waals surface area contributed by atoms with E-state index in [0.717, 1.165) is 27.5 Å². The van der Waals surface area contributed by atoms with Crippen LogP contribution in [0.2, 0.25) is 5.02 Å². The van der Waals surface area contributed by atoms with Crippen molar-refractivity contribution in [1.29, 1.82) is 0 Å². The van der Waals surface area contributed by atoms with Crippen LogP contribution in [0.4, 0.5) is 0 Å². The molecule has 0 unspecified atom stereocenters. The van der Waals surface area contributed by atoms with Gasteiger partial charge >= 0.3 is 5.69 Å². The van der Waals surface area contributed by atoms with E-state index >= 15 is 0 Å². The van der Waals surface area contributed by atoms with E-state index in [1.807, 2.05) is 35.9 Å². The van der Waals surface area contributed by atoms with E-state index < -0.39 is 5.69 Å². The van der Waals surface area contributed by atoms with Gasteiger partial charge in [-0.15, -0.1) is 0 Å². The topological polar surface area (TPSA) is 86.8 Å². The van der Waals surface area contributed by atoms with Gasteiger partial charge in [0.05, 0.1) is 17.8 Å². The standard InChI is InChI=1S/C19H20ClN5O2/c1-11-15(8-24-9-16-17(10-24)21-19(27)22-18(16)26)12(2)25(23-11)7-13-3-5-14(20)6-4-13/h3-6H,7-10H2,1-2H3,(H2,21,22,26,27). The molecule has 3 aromatic rings. The minimum atomic E-state index is -0.455. The predicted molar refractivity (Wildman–Crippen MR) is 103 cm³/mol. The summed E-state index contributed by atoms with van der Waals surface area (Å²) in [6.45, 7) is 6.48. The highest BCUT2D eigenvalue weighted by Crippen LogP contribution is 2.23. The SMILES string of the molecule is Cc1nn(Cc2ccc(Cl)cc2)c(C)c1CN1Cc2[nH]c(=O)[nH]c(=O)c2C1. The van der Waals surface area contributed by atoms with Crippen molar-refractivity contribution in [3.05, 3.63) is 83.9 Å². The summed E-state index contributed by atoms with van der Waals surface area (Å²) < 4.78 is 1.99. The van der Waals surface area contributed by atoms with Crippen LogP contribution in [0.15, 0.2) is 33.9 Å². The maximum absolute atomic E-state index is 12.0. The van der Waals surface area contributed by atoms with Crippen molar-refractivity contribution in [3.63, 3.8) is 0 Å². The number of aromatic amines is 2. The van der Waals surface area contributed by atoms with Crippen molar-refractivity contribution in [3.8, 4) is 0 Å². The first-order valence-corrected chi connectivity index (χ1v) is 9.12. The van der Waals surface area contributed by atoms with Gasteiger partial charge in [-0.25, -0.2) is 4.79 Å². The number of aromatic nitrogens is 4. The first-order valence-electron chi connectivity index (χ1n) is 8.74. The van der Waals surface area contributed by atoms with Gasteiger partial charge in [0.2, 0.25) is 0 Å². The minimum Gasteiger partial charge on any atom is -0.310 e. The maximum atomic E-state index is 12.0. The Morgan fingerprint density at radius 1 is 1.07 bits per heavy atom. The molecular weight excluding hydrogens is 366 g/mol. The van der Waals surface area contributed by atoms with Gasteiger partial charge < -0.3 is 4.98 Å². The number of benzene rings is 1. The van der Waals surface area contributed by atoms with Crippen LogP contribution >= 0.6 is 11.6 Å². The second kappa shape index (κ2) is 6.83. The summed E-state index contributed by atoms with van der Waals surface area (Å²) in [5.74, 6) is 0. The molecule has 0 amide bonds. The van der Waals surface area contributed by atoms with Gasteiger partial charge in [-0.05, 0) is 31.5 Å². The van der Waals surface area contributed by atoms with E-state index in [9.17, 15) is 9.59 Å². The van der Waals surface area contributed by atoms with Crippen molar-refractivity contribution in [2.45, 2.75) is 40.0 Å². The molecule has 0 atom stereocenters. The molecule has 1 aliphatic rings. The highest BCUT2D eigenvalue weighted by atomic mass is 35.5. The Hall–Kier alpha value is -2.64. The Balaban J connectivity index is 1.54. The molecule has 0 saturated carbocycles. The maximum Gasteiger partial charge on any atom is 0.325 e. The minimum absolute atomic E-state index is 0.303. The van der Waals surface area contributed by atoms with Gasteiger partial charge in [-0.2, -0.15) is 5.10 Å². The van der Waals surface area contributed by atoms with E-state index in [0.29, 0.717) is 37.4 Å². The lowest BCUT2D eigenvalue weighted by molar-refractivity contribution is 0.272. The molecule has 7 nitrogen and oxygen atoms in total. The van der Waals surface area contributed by atoms with Gasteiger partial charge in [0.1, 0.15) is 0 Å². The van der Waals surface area contributed by atoms with Crippen LogP contribution in [-0.2, 0) is 26.2 Å². The van der Waals surface area contributed by atoms with E-state index in [1.54, 1.807) is 0 Å². The summed E-state index contributed by atoms with van der Waals surface area (Å²) >= 11 is 5.96. The summed E-state index contributed by atoms with van der Waals surface area (Å²) in [6.07, 6.45) is 0. The van der Waals surface area contributed by atoms with E-state index in [1.165, 1.54) is 0 Å². The molecule has 0 spiro atoms. The fraction of sp³-hybridized carbons (Fsp3) is 0.316. The van der Waals surface area contributed by atoms with Crippen LogP contribution in [-0.4, -0.2) is 24.6 Å².